The second-order valence-electron chi connectivity index (χ2n) is 8.64. The van der Waals surface area contributed by atoms with Crippen LogP contribution in [0.2, 0.25) is 0 Å². The summed E-state index contributed by atoms with van der Waals surface area (Å²) in [4.78, 5) is 29.1. The maximum absolute atomic E-state index is 14.8. The fraction of sp³-hybridized carbons (Fsp3) is 0.161. The molecule has 0 saturated heterocycles. The van der Waals surface area contributed by atoms with Gasteiger partial charge in [0.2, 0.25) is 5.91 Å². The first-order valence-corrected chi connectivity index (χ1v) is 12.1. The topological polar surface area (TPSA) is 67.9 Å². The van der Waals surface area contributed by atoms with Crippen LogP contribution in [0.1, 0.15) is 22.7 Å². The highest BCUT2D eigenvalue weighted by Gasteiger charge is 2.32. The van der Waals surface area contributed by atoms with Crippen molar-refractivity contribution in [2.24, 2.45) is 0 Å². The van der Waals surface area contributed by atoms with Gasteiger partial charge in [0, 0.05) is 18.2 Å². The van der Waals surface area contributed by atoms with Gasteiger partial charge < -0.3 is 19.7 Å². The van der Waals surface area contributed by atoms with Crippen LogP contribution in [0, 0.1) is 5.82 Å². The summed E-state index contributed by atoms with van der Waals surface area (Å²) in [5, 5.41) is 2.90. The maximum Gasteiger partial charge on any atom is 0.251 e. The van der Waals surface area contributed by atoms with Crippen LogP contribution >= 0.6 is 0 Å². The van der Waals surface area contributed by atoms with E-state index in [0.717, 1.165) is 5.56 Å². The summed E-state index contributed by atoms with van der Waals surface area (Å²) in [6.45, 7) is -0.0922. The summed E-state index contributed by atoms with van der Waals surface area (Å²) < 4.78 is 25.5. The molecule has 194 valence electrons. The van der Waals surface area contributed by atoms with Gasteiger partial charge in [-0.25, -0.2) is 4.39 Å². The summed E-state index contributed by atoms with van der Waals surface area (Å²) in [6.07, 6.45) is 0.0533. The summed E-state index contributed by atoms with van der Waals surface area (Å²) in [5.74, 6) is -0.254. The minimum Gasteiger partial charge on any atom is -0.497 e. The number of anilines is 1. The average molecular weight is 513 g/mol. The SMILES string of the molecule is COc1ccc(NC(=O)C(c2ccccc2)N(Cc2ccccc2F)C(=O)Cc2ccccc2)c(OC)c1. The van der Waals surface area contributed by atoms with E-state index < -0.39 is 17.8 Å². The third-order valence-electron chi connectivity index (χ3n) is 6.16. The van der Waals surface area contributed by atoms with Gasteiger partial charge in [0.1, 0.15) is 23.4 Å². The molecule has 0 aromatic heterocycles. The standard InChI is InChI=1S/C31H29FN2O4/c1-37-25-17-18-27(28(20-25)38-2)33-31(36)30(23-13-7-4-8-14-23)34(21-24-15-9-10-16-26(24)32)29(35)19-22-11-5-3-6-12-22/h3-18,20,30H,19,21H2,1-2H3,(H,33,36). The molecule has 4 rings (SSSR count). The molecule has 1 atom stereocenters. The Kier molecular flexibility index (Phi) is 8.72. The minimum absolute atomic E-state index is 0.0533. The predicted molar refractivity (Wildman–Crippen MR) is 144 cm³/mol. The van der Waals surface area contributed by atoms with Crippen molar-refractivity contribution >= 4 is 17.5 Å². The van der Waals surface area contributed by atoms with Gasteiger partial charge in [0.15, 0.2) is 0 Å². The number of ether oxygens (including phenoxy) is 2. The number of amides is 2. The molecule has 38 heavy (non-hydrogen) atoms. The molecule has 1 unspecified atom stereocenters. The van der Waals surface area contributed by atoms with Crippen molar-refractivity contribution in [3.8, 4) is 11.5 Å². The molecule has 0 radical (unpaired) electrons. The van der Waals surface area contributed by atoms with Gasteiger partial charge in [-0.05, 0) is 29.3 Å². The number of hydrogen-bond acceptors (Lipinski definition) is 4. The lowest BCUT2D eigenvalue weighted by molar-refractivity contribution is -0.139. The van der Waals surface area contributed by atoms with Crippen LogP contribution < -0.4 is 14.8 Å². The second kappa shape index (κ2) is 12.5. The zero-order valence-electron chi connectivity index (χ0n) is 21.3. The van der Waals surface area contributed by atoms with E-state index in [1.165, 1.54) is 25.2 Å². The van der Waals surface area contributed by atoms with Crippen LogP contribution in [0.15, 0.2) is 103 Å². The summed E-state index contributed by atoms with van der Waals surface area (Å²) in [5.41, 5.74) is 2.11. The number of hydrogen-bond donors (Lipinski definition) is 1. The van der Waals surface area contributed by atoms with E-state index in [-0.39, 0.29) is 18.9 Å². The monoisotopic (exact) mass is 512 g/mol. The van der Waals surface area contributed by atoms with Gasteiger partial charge in [-0.2, -0.15) is 0 Å². The molecule has 7 heteroatoms. The lowest BCUT2D eigenvalue weighted by Crippen LogP contribution is -2.41. The molecule has 0 aliphatic rings. The Morgan fingerprint density at radius 1 is 0.842 bits per heavy atom. The number of carbonyl (C=O) groups is 2. The molecule has 0 saturated carbocycles. The van der Waals surface area contributed by atoms with E-state index in [0.29, 0.717) is 28.3 Å². The lowest BCUT2D eigenvalue weighted by Gasteiger charge is -2.32. The number of halogens is 1. The van der Waals surface area contributed by atoms with Crippen molar-refractivity contribution in [3.05, 3.63) is 126 Å². The first-order valence-electron chi connectivity index (χ1n) is 12.1. The number of carbonyl (C=O) groups excluding carboxylic acids is 2. The zero-order valence-corrected chi connectivity index (χ0v) is 21.3. The Morgan fingerprint density at radius 3 is 2.16 bits per heavy atom. The summed E-state index contributed by atoms with van der Waals surface area (Å²) in [7, 11) is 3.03. The molecule has 0 spiro atoms. The summed E-state index contributed by atoms with van der Waals surface area (Å²) >= 11 is 0. The van der Waals surface area contributed by atoms with Gasteiger partial charge in [-0.1, -0.05) is 78.9 Å². The molecular weight excluding hydrogens is 483 g/mol. The molecule has 0 aliphatic heterocycles. The molecule has 6 nitrogen and oxygen atoms in total. The van der Waals surface area contributed by atoms with E-state index in [4.69, 9.17) is 9.47 Å². The quantitative estimate of drug-likeness (QED) is 0.292. The van der Waals surface area contributed by atoms with E-state index in [1.54, 1.807) is 60.7 Å². The first kappa shape index (κ1) is 26.4. The smallest absolute Gasteiger partial charge is 0.251 e. The fourth-order valence-corrected chi connectivity index (χ4v) is 4.22. The first-order chi connectivity index (χ1) is 18.5. The van der Waals surface area contributed by atoms with Crippen molar-refractivity contribution < 1.29 is 23.5 Å². The highest BCUT2D eigenvalue weighted by molar-refractivity contribution is 5.99. The third-order valence-corrected chi connectivity index (χ3v) is 6.16. The highest BCUT2D eigenvalue weighted by Crippen LogP contribution is 2.32. The molecule has 1 N–H and O–H groups in total. The molecule has 2 amide bonds. The van der Waals surface area contributed by atoms with E-state index in [1.807, 2.05) is 36.4 Å². The van der Waals surface area contributed by atoms with Gasteiger partial charge in [-0.3, -0.25) is 9.59 Å². The number of nitrogens with one attached hydrogen (secondary N) is 1. The Morgan fingerprint density at radius 2 is 1.50 bits per heavy atom. The fourth-order valence-electron chi connectivity index (χ4n) is 4.22. The molecule has 0 heterocycles. The van der Waals surface area contributed by atoms with Crippen molar-refractivity contribution in [2.45, 2.75) is 19.0 Å². The van der Waals surface area contributed by atoms with Crippen molar-refractivity contribution in [1.29, 1.82) is 0 Å². The molecule has 0 bridgehead atoms. The molecule has 4 aromatic carbocycles. The highest BCUT2D eigenvalue weighted by atomic mass is 19.1. The lowest BCUT2D eigenvalue weighted by atomic mass is 10.0. The van der Waals surface area contributed by atoms with E-state index in [9.17, 15) is 14.0 Å². The van der Waals surface area contributed by atoms with Crippen molar-refractivity contribution in [3.63, 3.8) is 0 Å². The second-order valence-corrected chi connectivity index (χ2v) is 8.64. The van der Waals surface area contributed by atoms with Crippen LogP contribution in [0.5, 0.6) is 11.5 Å². The average Bonchev–Trinajstić information content (AvgIpc) is 2.95. The van der Waals surface area contributed by atoms with Crippen LogP contribution in [-0.4, -0.2) is 30.9 Å². The number of benzene rings is 4. The van der Waals surface area contributed by atoms with Gasteiger partial charge in [0.25, 0.3) is 5.91 Å². The normalized spacial score (nSPS) is 11.3. The minimum atomic E-state index is -1.04. The van der Waals surface area contributed by atoms with Crippen molar-refractivity contribution in [2.75, 3.05) is 19.5 Å². The van der Waals surface area contributed by atoms with Gasteiger partial charge in [0.05, 0.1) is 26.3 Å². The Balaban J connectivity index is 1.75. The molecular formula is C31H29FN2O4. The Labute approximate surface area is 221 Å². The predicted octanol–water partition coefficient (Wildman–Crippen LogP) is 5.79. The van der Waals surface area contributed by atoms with E-state index in [2.05, 4.69) is 5.32 Å². The number of nitrogens with zero attached hydrogens (tertiary/aromatic N) is 1. The van der Waals surface area contributed by atoms with Crippen LogP contribution in [0.25, 0.3) is 0 Å². The van der Waals surface area contributed by atoms with Crippen LogP contribution in [0.3, 0.4) is 0 Å². The van der Waals surface area contributed by atoms with Crippen LogP contribution in [-0.2, 0) is 22.6 Å². The molecule has 4 aromatic rings. The Bertz CT molecular complexity index is 1380. The zero-order chi connectivity index (χ0) is 26.9. The Hall–Kier alpha value is -4.65. The van der Waals surface area contributed by atoms with Gasteiger partial charge in [-0.15, -0.1) is 0 Å². The third kappa shape index (κ3) is 6.37. The number of rotatable bonds is 10. The van der Waals surface area contributed by atoms with Crippen LogP contribution in [0.4, 0.5) is 10.1 Å². The number of methoxy groups -OCH3 is 2. The summed E-state index contributed by atoms with van der Waals surface area (Å²) in [6, 6.07) is 28.5. The molecule has 0 aliphatic carbocycles. The van der Waals surface area contributed by atoms with E-state index >= 15 is 0 Å². The van der Waals surface area contributed by atoms with Gasteiger partial charge >= 0.3 is 0 Å². The molecule has 0 fully saturated rings. The largest absolute Gasteiger partial charge is 0.497 e. The van der Waals surface area contributed by atoms with Crippen molar-refractivity contribution in [1.82, 2.24) is 4.90 Å². The maximum atomic E-state index is 14.8.